The van der Waals surface area contributed by atoms with Gasteiger partial charge in [-0.2, -0.15) is 4.98 Å². The average Bonchev–Trinajstić information content (AvgIpc) is 2.82. The summed E-state index contributed by atoms with van der Waals surface area (Å²) in [7, 11) is 1.82. The standard InChI is InChI=1S/C14H12Br2N4S/c1-7-5-9-12(19-14(17-2)20-13(9)21-7)18-11-4-3-8(15)6-10(11)16/h3-6H,1-2H3,(H2,17,18,19,20). The molecule has 0 aliphatic heterocycles. The van der Waals surface area contributed by atoms with Crippen molar-refractivity contribution in [3.05, 3.63) is 38.1 Å². The summed E-state index contributed by atoms with van der Waals surface area (Å²) in [5.41, 5.74) is 0.962. The Morgan fingerprint density at radius 2 is 1.95 bits per heavy atom. The number of rotatable bonds is 3. The summed E-state index contributed by atoms with van der Waals surface area (Å²) < 4.78 is 2.00. The number of benzene rings is 1. The molecule has 108 valence electrons. The van der Waals surface area contributed by atoms with Crippen LogP contribution in [-0.2, 0) is 0 Å². The monoisotopic (exact) mass is 426 g/mol. The topological polar surface area (TPSA) is 49.8 Å². The van der Waals surface area contributed by atoms with E-state index in [4.69, 9.17) is 0 Å². The van der Waals surface area contributed by atoms with Gasteiger partial charge in [-0.25, -0.2) is 4.98 Å². The molecular formula is C14H12Br2N4S. The molecule has 21 heavy (non-hydrogen) atoms. The molecule has 2 N–H and O–H groups in total. The molecule has 3 aromatic rings. The van der Waals surface area contributed by atoms with Gasteiger partial charge in [-0.1, -0.05) is 15.9 Å². The summed E-state index contributed by atoms with van der Waals surface area (Å²) in [6.07, 6.45) is 0. The third-order valence-electron chi connectivity index (χ3n) is 2.92. The van der Waals surface area contributed by atoms with E-state index in [0.29, 0.717) is 5.95 Å². The number of anilines is 3. The number of nitrogens with zero attached hydrogens (tertiary/aromatic N) is 2. The van der Waals surface area contributed by atoms with Gasteiger partial charge < -0.3 is 10.6 Å². The molecule has 0 fully saturated rings. The summed E-state index contributed by atoms with van der Waals surface area (Å²) in [5, 5.41) is 7.42. The molecule has 2 aromatic heterocycles. The van der Waals surface area contributed by atoms with E-state index in [9.17, 15) is 0 Å². The van der Waals surface area contributed by atoms with Crippen molar-refractivity contribution < 1.29 is 0 Å². The lowest BCUT2D eigenvalue weighted by Gasteiger charge is -2.10. The van der Waals surface area contributed by atoms with Crippen LogP contribution in [0, 0.1) is 6.92 Å². The normalized spacial score (nSPS) is 10.9. The number of thiophene rings is 1. The molecule has 0 aliphatic carbocycles. The Labute approximate surface area is 143 Å². The molecule has 0 aliphatic rings. The number of halogens is 2. The molecule has 0 amide bonds. The van der Waals surface area contributed by atoms with Crippen molar-refractivity contribution in [2.45, 2.75) is 6.92 Å². The van der Waals surface area contributed by atoms with Crippen LogP contribution in [0.2, 0.25) is 0 Å². The maximum atomic E-state index is 4.53. The first-order chi connectivity index (χ1) is 10.1. The minimum atomic E-state index is 0.611. The Bertz CT molecular complexity index is 816. The minimum Gasteiger partial charge on any atom is -0.357 e. The Hall–Kier alpha value is -1.18. The van der Waals surface area contributed by atoms with Crippen LogP contribution in [0.3, 0.4) is 0 Å². The maximum Gasteiger partial charge on any atom is 0.225 e. The van der Waals surface area contributed by atoms with Crippen molar-refractivity contribution in [1.29, 1.82) is 0 Å². The van der Waals surface area contributed by atoms with Gasteiger partial charge in [-0.3, -0.25) is 0 Å². The van der Waals surface area contributed by atoms with Gasteiger partial charge in [-0.05, 0) is 47.1 Å². The van der Waals surface area contributed by atoms with E-state index < -0.39 is 0 Å². The van der Waals surface area contributed by atoms with Crippen LogP contribution in [0.25, 0.3) is 10.2 Å². The number of nitrogens with one attached hydrogen (secondary N) is 2. The Kier molecular flexibility index (Phi) is 4.14. The number of aromatic nitrogens is 2. The zero-order valence-corrected chi connectivity index (χ0v) is 15.4. The van der Waals surface area contributed by atoms with Gasteiger partial charge in [0.15, 0.2) is 0 Å². The van der Waals surface area contributed by atoms with Crippen LogP contribution in [0.15, 0.2) is 33.2 Å². The molecule has 0 radical (unpaired) electrons. The first kappa shape index (κ1) is 14.7. The first-order valence-corrected chi connectivity index (χ1v) is 8.65. The zero-order valence-electron chi connectivity index (χ0n) is 11.4. The lowest BCUT2D eigenvalue weighted by molar-refractivity contribution is 1.20. The summed E-state index contributed by atoms with van der Waals surface area (Å²) >= 11 is 8.68. The van der Waals surface area contributed by atoms with E-state index >= 15 is 0 Å². The van der Waals surface area contributed by atoms with Crippen LogP contribution in [-0.4, -0.2) is 17.0 Å². The molecular weight excluding hydrogens is 416 g/mol. The third-order valence-corrected chi connectivity index (χ3v) is 5.02. The van der Waals surface area contributed by atoms with E-state index in [1.54, 1.807) is 11.3 Å². The van der Waals surface area contributed by atoms with E-state index in [1.807, 2.05) is 25.2 Å². The molecule has 0 saturated carbocycles. The first-order valence-electron chi connectivity index (χ1n) is 6.25. The van der Waals surface area contributed by atoms with Crippen LogP contribution >= 0.6 is 43.2 Å². The molecule has 0 atom stereocenters. The van der Waals surface area contributed by atoms with E-state index in [2.05, 4.69) is 65.5 Å². The molecule has 0 saturated heterocycles. The molecule has 0 spiro atoms. The van der Waals surface area contributed by atoms with Crippen molar-refractivity contribution in [3.63, 3.8) is 0 Å². The Morgan fingerprint density at radius 3 is 2.67 bits per heavy atom. The molecule has 0 bridgehead atoms. The molecule has 4 nitrogen and oxygen atoms in total. The highest BCUT2D eigenvalue weighted by molar-refractivity contribution is 9.11. The quantitative estimate of drug-likeness (QED) is 0.594. The Balaban J connectivity index is 2.10. The number of hydrogen-bond donors (Lipinski definition) is 2. The molecule has 2 heterocycles. The second kappa shape index (κ2) is 5.90. The SMILES string of the molecule is CNc1nc(Nc2ccc(Br)cc2Br)c2cc(C)sc2n1. The number of fused-ring (bicyclic) bond motifs is 1. The fourth-order valence-electron chi connectivity index (χ4n) is 1.97. The summed E-state index contributed by atoms with van der Waals surface area (Å²) in [6.45, 7) is 2.07. The van der Waals surface area contributed by atoms with Crippen molar-refractivity contribution in [2.24, 2.45) is 0 Å². The Morgan fingerprint density at radius 1 is 1.14 bits per heavy atom. The number of hydrogen-bond acceptors (Lipinski definition) is 5. The smallest absolute Gasteiger partial charge is 0.225 e. The predicted molar refractivity (Wildman–Crippen MR) is 96.8 cm³/mol. The predicted octanol–water partition coefficient (Wildman–Crippen LogP) is 5.31. The fraction of sp³-hybridized carbons (Fsp3) is 0.143. The van der Waals surface area contributed by atoms with Gasteiger partial charge in [0, 0.05) is 20.9 Å². The van der Waals surface area contributed by atoms with Gasteiger partial charge in [0.25, 0.3) is 0 Å². The van der Waals surface area contributed by atoms with E-state index in [-0.39, 0.29) is 0 Å². The van der Waals surface area contributed by atoms with Crippen molar-refractivity contribution in [1.82, 2.24) is 9.97 Å². The lowest BCUT2D eigenvalue weighted by Crippen LogP contribution is -2.01. The molecule has 0 unspecified atom stereocenters. The fourth-order valence-corrected chi connectivity index (χ4v) is 3.99. The number of aryl methyl sites for hydroxylation is 1. The summed E-state index contributed by atoms with van der Waals surface area (Å²) in [6, 6.07) is 8.09. The van der Waals surface area contributed by atoms with Crippen molar-refractivity contribution in [2.75, 3.05) is 17.7 Å². The van der Waals surface area contributed by atoms with Crippen LogP contribution in [0.5, 0.6) is 0 Å². The highest BCUT2D eigenvalue weighted by Gasteiger charge is 2.11. The molecule has 3 rings (SSSR count). The van der Waals surface area contributed by atoms with Gasteiger partial charge in [0.2, 0.25) is 5.95 Å². The summed E-state index contributed by atoms with van der Waals surface area (Å²) in [5.74, 6) is 1.41. The zero-order chi connectivity index (χ0) is 15.0. The minimum absolute atomic E-state index is 0.611. The highest BCUT2D eigenvalue weighted by Crippen LogP contribution is 2.34. The highest BCUT2D eigenvalue weighted by atomic mass is 79.9. The van der Waals surface area contributed by atoms with Crippen molar-refractivity contribution in [3.8, 4) is 0 Å². The molecule has 7 heteroatoms. The average molecular weight is 428 g/mol. The second-order valence-corrected chi connectivity index (χ2v) is 7.48. The molecule has 1 aromatic carbocycles. The van der Waals surface area contributed by atoms with E-state index in [1.165, 1.54) is 4.88 Å². The van der Waals surface area contributed by atoms with Gasteiger partial charge in [0.05, 0.1) is 11.1 Å². The summed E-state index contributed by atoms with van der Waals surface area (Å²) in [4.78, 5) is 11.2. The van der Waals surface area contributed by atoms with Crippen LogP contribution < -0.4 is 10.6 Å². The van der Waals surface area contributed by atoms with Gasteiger partial charge in [-0.15, -0.1) is 11.3 Å². The van der Waals surface area contributed by atoms with E-state index in [0.717, 1.165) is 30.7 Å². The maximum absolute atomic E-state index is 4.53. The van der Waals surface area contributed by atoms with Crippen LogP contribution in [0.4, 0.5) is 17.5 Å². The van der Waals surface area contributed by atoms with Crippen molar-refractivity contribution >= 4 is 70.9 Å². The lowest BCUT2D eigenvalue weighted by atomic mass is 10.3. The van der Waals surface area contributed by atoms with Gasteiger partial charge >= 0.3 is 0 Å². The largest absolute Gasteiger partial charge is 0.357 e. The second-order valence-electron chi connectivity index (χ2n) is 4.47. The third kappa shape index (κ3) is 3.04. The van der Waals surface area contributed by atoms with Crippen LogP contribution in [0.1, 0.15) is 4.88 Å². The van der Waals surface area contributed by atoms with Gasteiger partial charge in [0.1, 0.15) is 10.6 Å².